The van der Waals surface area contributed by atoms with Crippen LogP contribution >= 0.6 is 23.4 Å². The van der Waals surface area contributed by atoms with Gasteiger partial charge in [0.25, 0.3) is 5.91 Å². The Morgan fingerprint density at radius 1 is 1.28 bits per heavy atom. The topological polar surface area (TPSA) is 113 Å². The molecule has 2 fully saturated rings. The van der Waals surface area contributed by atoms with E-state index in [4.69, 9.17) is 16.3 Å². The first-order chi connectivity index (χ1) is 15.3. The van der Waals surface area contributed by atoms with E-state index < -0.39 is 34.7 Å². The average Bonchev–Trinajstić information content (AvgIpc) is 3.26. The second-order valence-electron chi connectivity index (χ2n) is 8.17. The zero-order valence-corrected chi connectivity index (χ0v) is 19.0. The Kier molecular flexibility index (Phi) is 6.22. The molecule has 0 radical (unpaired) electrons. The van der Waals surface area contributed by atoms with E-state index in [0.29, 0.717) is 23.4 Å². The molecule has 10 heteroatoms. The van der Waals surface area contributed by atoms with Crippen LogP contribution in [0.25, 0.3) is 0 Å². The van der Waals surface area contributed by atoms with Gasteiger partial charge in [0.05, 0.1) is 5.41 Å². The summed E-state index contributed by atoms with van der Waals surface area (Å²) < 4.78 is 4.94. The molecule has 2 aliphatic heterocycles. The third-order valence-corrected chi connectivity index (χ3v) is 7.94. The molecule has 2 N–H and O–H groups in total. The Morgan fingerprint density at radius 2 is 1.97 bits per heavy atom. The number of amides is 2. The first kappa shape index (κ1) is 22.7. The monoisotopic (exact) mass is 478 g/mol. The molecule has 2 heterocycles. The highest BCUT2D eigenvalue weighted by molar-refractivity contribution is 8.00. The van der Waals surface area contributed by atoms with Gasteiger partial charge in [-0.25, -0.2) is 4.79 Å². The number of carbonyl (C=O) groups excluding carboxylic acids is 3. The third kappa shape index (κ3) is 3.77. The minimum Gasteiger partial charge on any atom is -0.477 e. The van der Waals surface area contributed by atoms with Gasteiger partial charge < -0.3 is 15.2 Å². The third-order valence-electron chi connectivity index (χ3n) is 6.27. The first-order valence-electron chi connectivity index (χ1n) is 10.4. The number of fused-ring (bicyclic) bond motifs is 1. The Hall–Kier alpha value is -2.52. The fourth-order valence-electron chi connectivity index (χ4n) is 4.71. The van der Waals surface area contributed by atoms with Crippen LogP contribution in [0.2, 0.25) is 5.02 Å². The summed E-state index contributed by atoms with van der Waals surface area (Å²) in [5.74, 6) is -2.26. The molecular formula is C22H23ClN2O6S. The minimum atomic E-state index is -1.26. The van der Waals surface area contributed by atoms with Gasteiger partial charge >= 0.3 is 11.9 Å². The molecule has 1 aromatic rings. The van der Waals surface area contributed by atoms with E-state index in [2.05, 4.69) is 5.32 Å². The number of halogens is 1. The molecule has 2 atom stereocenters. The van der Waals surface area contributed by atoms with Gasteiger partial charge in [0.1, 0.15) is 23.7 Å². The van der Waals surface area contributed by atoms with Crippen molar-refractivity contribution in [3.8, 4) is 0 Å². The number of aliphatic carboxylic acids is 1. The predicted molar refractivity (Wildman–Crippen MR) is 118 cm³/mol. The average molecular weight is 479 g/mol. The zero-order chi connectivity index (χ0) is 23.0. The lowest BCUT2D eigenvalue weighted by atomic mass is 9.77. The summed E-state index contributed by atoms with van der Waals surface area (Å²) in [6, 6.07) is 6.44. The lowest BCUT2D eigenvalue weighted by Crippen LogP contribution is -2.71. The summed E-state index contributed by atoms with van der Waals surface area (Å²) in [6.07, 6.45) is 3.04. The minimum absolute atomic E-state index is 0.174. The van der Waals surface area contributed by atoms with E-state index in [9.17, 15) is 24.3 Å². The number of carboxylic acids is 1. The highest BCUT2D eigenvalue weighted by Gasteiger charge is 2.56. The van der Waals surface area contributed by atoms with Crippen molar-refractivity contribution in [1.29, 1.82) is 0 Å². The van der Waals surface area contributed by atoms with Crippen LogP contribution in [0, 0.1) is 0 Å². The second kappa shape index (κ2) is 8.78. The summed E-state index contributed by atoms with van der Waals surface area (Å²) in [5, 5.41) is 12.6. The van der Waals surface area contributed by atoms with E-state index in [1.54, 1.807) is 6.07 Å². The summed E-state index contributed by atoms with van der Waals surface area (Å²) in [4.78, 5) is 50.5. The number of esters is 1. The summed E-state index contributed by atoms with van der Waals surface area (Å²) in [5.41, 5.74) is 0.138. The fourth-order valence-corrected chi connectivity index (χ4v) is 6.35. The molecule has 0 unspecified atom stereocenters. The number of β-lactam (4-membered cyclic amide) rings is 1. The highest BCUT2D eigenvalue weighted by atomic mass is 35.5. The van der Waals surface area contributed by atoms with Gasteiger partial charge in [-0.2, -0.15) is 0 Å². The van der Waals surface area contributed by atoms with Gasteiger partial charge in [-0.1, -0.05) is 42.6 Å². The van der Waals surface area contributed by atoms with Gasteiger partial charge in [-0.3, -0.25) is 19.3 Å². The van der Waals surface area contributed by atoms with Crippen molar-refractivity contribution >= 4 is 47.1 Å². The molecule has 4 rings (SSSR count). The van der Waals surface area contributed by atoms with Gasteiger partial charge in [0, 0.05) is 23.3 Å². The van der Waals surface area contributed by atoms with Gasteiger partial charge in [0.2, 0.25) is 5.91 Å². The molecule has 1 aromatic carbocycles. The smallest absolute Gasteiger partial charge is 0.352 e. The van der Waals surface area contributed by atoms with Crippen molar-refractivity contribution in [2.45, 2.75) is 49.4 Å². The standard InChI is InChI=1S/C22H23ClN2O6S/c1-12(26)31-10-13-11-32-19-16(18(27)25(19)17(13)20(28)29)24-21(30)22(8-4-5-9-22)14-6-2-3-7-15(14)23/h2-3,6-7,16,19H,4-5,8-11H2,1H3,(H,24,30)(H,28,29)/t16-,19-/m1/s1. The second-order valence-corrected chi connectivity index (χ2v) is 9.68. The Balaban J connectivity index is 1.55. The Bertz CT molecular complexity index is 1020. The predicted octanol–water partition coefficient (Wildman–Crippen LogP) is 2.45. The molecule has 0 spiro atoms. The summed E-state index contributed by atoms with van der Waals surface area (Å²) in [6.45, 7) is 1.05. The van der Waals surface area contributed by atoms with E-state index in [1.807, 2.05) is 18.2 Å². The van der Waals surface area contributed by atoms with Crippen molar-refractivity contribution < 1.29 is 29.0 Å². The zero-order valence-electron chi connectivity index (χ0n) is 17.4. The number of nitrogens with one attached hydrogen (secondary N) is 1. The maximum Gasteiger partial charge on any atom is 0.352 e. The Morgan fingerprint density at radius 3 is 2.59 bits per heavy atom. The molecule has 1 saturated heterocycles. The van der Waals surface area contributed by atoms with E-state index in [-0.39, 0.29) is 24.0 Å². The molecular weight excluding hydrogens is 456 g/mol. The van der Waals surface area contributed by atoms with E-state index in [1.165, 1.54) is 23.6 Å². The van der Waals surface area contributed by atoms with Crippen LogP contribution in [0.1, 0.15) is 38.2 Å². The summed E-state index contributed by atoms with van der Waals surface area (Å²) in [7, 11) is 0. The summed E-state index contributed by atoms with van der Waals surface area (Å²) >= 11 is 7.76. The van der Waals surface area contributed by atoms with Crippen LogP contribution in [-0.2, 0) is 29.3 Å². The molecule has 1 aliphatic carbocycles. The van der Waals surface area contributed by atoms with Crippen LogP contribution < -0.4 is 5.32 Å². The van der Waals surface area contributed by atoms with Gasteiger partial charge in [-0.05, 0) is 24.5 Å². The van der Waals surface area contributed by atoms with Gasteiger partial charge in [0.15, 0.2) is 0 Å². The van der Waals surface area contributed by atoms with Crippen LogP contribution in [0.15, 0.2) is 35.5 Å². The van der Waals surface area contributed by atoms with E-state index in [0.717, 1.165) is 18.4 Å². The number of hydrogen-bond acceptors (Lipinski definition) is 6. The lowest BCUT2D eigenvalue weighted by Gasteiger charge is -2.50. The van der Waals surface area contributed by atoms with E-state index >= 15 is 0 Å². The number of rotatable bonds is 6. The van der Waals surface area contributed by atoms with Crippen molar-refractivity contribution in [3.63, 3.8) is 0 Å². The Labute approximate surface area is 194 Å². The molecule has 0 bridgehead atoms. The largest absolute Gasteiger partial charge is 0.477 e. The molecule has 1 saturated carbocycles. The number of ether oxygens (including phenoxy) is 1. The number of carboxylic acid groups (broad SMARTS) is 1. The number of thioether (sulfide) groups is 1. The van der Waals surface area contributed by atoms with Crippen molar-refractivity contribution in [3.05, 3.63) is 46.1 Å². The fraction of sp³-hybridized carbons (Fsp3) is 0.455. The molecule has 8 nitrogen and oxygen atoms in total. The van der Waals surface area contributed by atoms with Crippen LogP contribution in [-0.4, -0.2) is 57.5 Å². The molecule has 0 aromatic heterocycles. The number of benzene rings is 1. The molecule has 32 heavy (non-hydrogen) atoms. The maximum atomic E-state index is 13.5. The number of carbonyl (C=O) groups is 4. The first-order valence-corrected chi connectivity index (χ1v) is 11.8. The van der Waals surface area contributed by atoms with Crippen molar-refractivity contribution in [2.24, 2.45) is 0 Å². The molecule has 170 valence electrons. The SMILES string of the molecule is CC(=O)OCC1=C(C(=O)O)N2C(=O)[C@@H](NC(=O)C3(c4ccccc4Cl)CCCC3)[C@H]2SC1. The van der Waals surface area contributed by atoms with Crippen LogP contribution in [0.4, 0.5) is 0 Å². The highest BCUT2D eigenvalue weighted by Crippen LogP contribution is 2.45. The van der Waals surface area contributed by atoms with Crippen molar-refractivity contribution in [1.82, 2.24) is 10.2 Å². The lowest BCUT2D eigenvalue weighted by molar-refractivity contribution is -0.151. The molecule has 3 aliphatic rings. The number of hydrogen-bond donors (Lipinski definition) is 2. The normalized spacial score (nSPS) is 23.9. The van der Waals surface area contributed by atoms with Gasteiger partial charge in [-0.15, -0.1) is 11.8 Å². The van der Waals surface area contributed by atoms with Crippen molar-refractivity contribution in [2.75, 3.05) is 12.4 Å². The van der Waals surface area contributed by atoms with Crippen LogP contribution in [0.3, 0.4) is 0 Å². The van der Waals surface area contributed by atoms with Crippen LogP contribution in [0.5, 0.6) is 0 Å². The maximum absolute atomic E-state index is 13.5. The molecule has 2 amide bonds. The number of nitrogens with zero attached hydrogens (tertiary/aromatic N) is 1. The quantitative estimate of drug-likeness (QED) is 0.477.